The first-order chi connectivity index (χ1) is 65.7. The van der Waals surface area contributed by atoms with Crippen LogP contribution in [-0.4, -0.2) is 252 Å². The highest BCUT2D eigenvalue weighted by Gasteiger charge is 2.44. The number of carboxylic acids is 1. The zero-order chi connectivity index (χ0) is 98.5. The van der Waals surface area contributed by atoms with E-state index in [1.54, 1.807) is 52.4 Å². The number of carbonyl (C=O) groups excluding carboxylic acids is 15. The third kappa shape index (κ3) is 28.9. The fourth-order valence-electron chi connectivity index (χ4n) is 17.6. The van der Waals surface area contributed by atoms with Crippen molar-refractivity contribution in [3.05, 3.63) is 180 Å². The number of carbonyl (C=O) groups is 16. The van der Waals surface area contributed by atoms with E-state index in [0.29, 0.717) is 64.7 Å². The quantitative estimate of drug-likeness (QED) is 0.0243. The number of aromatic amines is 3. The molecule has 2 aliphatic heterocycles. The van der Waals surface area contributed by atoms with Crippen molar-refractivity contribution in [2.24, 2.45) is 29.0 Å². The molecular weight excluding hydrogens is 1780 g/mol. The molecule has 137 heavy (non-hydrogen) atoms. The second-order valence-electron chi connectivity index (χ2n) is 35.7. The summed E-state index contributed by atoms with van der Waals surface area (Å²) in [6.45, 7) is 6.49. The molecule has 732 valence electrons. The molecule has 12 atom stereocenters. The molecule has 22 N–H and O–H groups in total. The standard InChI is InChI=1S/C97H124N20O19S/c1-54(2)42-74(111-89(126)76(45-57-48-102-68-24-12-10-18-61(57)68)112-91(128)78(47-59-50-101-53-105-59)113-90(127)77(46-58-49-103-69-25-13-11-19-62(58)69)115-97(135)136-52-67-65-22-8-6-20-63(65)64-21-7-9-23-66(64)67)87(124)107-70(33-35-82(99)119)85(122)110-75(43-55(3)4)88(125)109-72(26-14-15-38-98)94(131)116-39-16-27-80(116)92(129)104-51-84(121)106-73(34-36-83(100)120)95(132)117-40-17-28-81(117)93(130)108-71(37-41-137-5)86(123)114-79(96(133)134)44-56-29-31-60(118)32-30-56/h6-13,18-25,29-32,48-50,53-55,67,70-81,102-103,118H,14-17,26-28,33-47,51-52,98H2,1-5H3,(H2,99,119)(H2,100,120)(H,101,105)(H,104,129)(H,106,121)(H,107,124)(H,108,130)(H,109,125)(H,110,122)(H,111,126)(H,112,128)(H,113,127)(H,114,123)(H,115,135)(H,133,134)/t70-,71-,72-,73-,74-,75-,76-,77-,78-,79-,80-,81-/m0/s1. The van der Waals surface area contributed by atoms with Gasteiger partial charge in [0, 0.05) is 97.9 Å². The normalized spacial score (nSPS) is 16.1. The summed E-state index contributed by atoms with van der Waals surface area (Å²) in [7, 11) is 0. The van der Waals surface area contributed by atoms with Gasteiger partial charge in [0.25, 0.3) is 0 Å². The van der Waals surface area contributed by atoms with Gasteiger partial charge in [-0.3, -0.25) is 67.1 Å². The van der Waals surface area contributed by atoms with Crippen molar-refractivity contribution in [1.29, 1.82) is 0 Å². The Labute approximate surface area is 796 Å². The van der Waals surface area contributed by atoms with Gasteiger partial charge in [-0.1, -0.05) is 125 Å². The van der Waals surface area contributed by atoms with Crippen molar-refractivity contribution in [2.45, 2.75) is 222 Å². The predicted molar refractivity (Wildman–Crippen MR) is 509 cm³/mol. The topological polar surface area (TPSA) is 600 Å². The first-order valence-electron chi connectivity index (χ1n) is 46.3. The second kappa shape index (κ2) is 49.9. The third-order valence-electron chi connectivity index (χ3n) is 24.6. The van der Waals surface area contributed by atoms with Crippen LogP contribution in [0.2, 0.25) is 0 Å². The van der Waals surface area contributed by atoms with Gasteiger partial charge in [0.15, 0.2) is 0 Å². The van der Waals surface area contributed by atoms with Gasteiger partial charge >= 0.3 is 12.1 Å². The van der Waals surface area contributed by atoms with E-state index in [1.165, 1.54) is 58.4 Å². The number of likely N-dealkylation sites (tertiary alicyclic amines) is 2. The molecule has 1 aliphatic carbocycles. The van der Waals surface area contributed by atoms with Crippen LogP contribution >= 0.6 is 11.8 Å². The number of benzene rings is 5. The number of para-hydroxylation sites is 2. The van der Waals surface area contributed by atoms with Gasteiger partial charge in [0.2, 0.25) is 82.7 Å². The Morgan fingerprint density at radius 3 is 1.45 bits per heavy atom. The number of primary amides is 2. The van der Waals surface area contributed by atoms with Gasteiger partial charge in [0.05, 0.1) is 18.6 Å². The molecule has 15 amide bonds. The van der Waals surface area contributed by atoms with Gasteiger partial charge in [-0.05, 0) is 171 Å². The molecule has 0 spiro atoms. The maximum atomic E-state index is 15.4. The van der Waals surface area contributed by atoms with E-state index in [4.69, 9.17) is 21.9 Å². The number of carboxylic acid groups (broad SMARTS) is 1. The number of amides is 15. The maximum Gasteiger partial charge on any atom is 0.407 e. The molecule has 8 aromatic rings. The average molecular weight is 1910 g/mol. The predicted octanol–water partition coefficient (Wildman–Crippen LogP) is 3.31. The lowest BCUT2D eigenvalue weighted by Crippen LogP contribution is -2.61. The van der Waals surface area contributed by atoms with Gasteiger partial charge in [-0.15, -0.1) is 0 Å². The van der Waals surface area contributed by atoms with Crippen LogP contribution < -0.4 is 75.7 Å². The summed E-state index contributed by atoms with van der Waals surface area (Å²) in [4.78, 5) is 244. The Hall–Kier alpha value is -14.2. The average Bonchev–Trinajstić information content (AvgIpc) is 1.61. The number of ether oxygens (including phenoxy) is 1. The molecule has 39 nitrogen and oxygen atoms in total. The second-order valence-corrected chi connectivity index (χ2v) is 36.7. The molecule has 5 heterocycles. The molecule has 5 aromatic carbocycles. The lowest BCUT2D eigenvalue weighted by molar-refractivity contribution is -0.143. The minimum absolute atomic E-state index is 0.00464. The first kappa shape index (κ1) is 103. The molecule has 0 saturated carbocycles. The number of hydrogen-bond acceptors (Lipinski definition) is 21. The van der Waals surface area contributed by atoms with E-state index in [2.05, 4.69) is 78.4 Å². The number of aromatic hydroxyl groups is 1. The van der Waals surface area contributed by atoms with Crippen molar-refractivity contribution in [3.8, 4) is 16.9 Å². The minimum atomic E-state index is -1.62. The summed E-state index contributed by atoms with van der Waals surface area (Å²) in [5.41, 5.74) is 24.6. The molecule has 40 heteroatoms. The molecule has 11 rings (SSSR count). The number of aromatic nitrogens is 4. The van der Waals surface area contributed by atoms with Gasteiger partial charge < -0.3 is 115 Å². The van der Waals surface area contributed by atoms with Crippen molar-refractivity contribution in [3.63, 3.8) is 0 Å². The van der Waals surface area contributed by atoms with Crippen LogP contribution in [-0.2, 0) is 102 Å². The van der Waals surface area contributed by atoms with Crippen molar-refractivity contribution < 1.29 is 91.7 Å². The van der Waals surface area contributed by atoms with E-state index in [9.17, 15) is 67.7 Å². The Balaban J connectivity index is 0.753. The van der Waals surface area contributed by atoms with Crippen LogP contribution in [0.3, 0.4) is 0 Å². The number of alkyl carbamates (subject to hydrolysis) is 1. The Bertz CT molecular complexity index is 5570. The number of phenols is 1. The highest BCUT2D eigenvalue weighted by Crippen LogP contribution is 2.45. The molecule has 2 fully saturated rings. The molecule has 0 unspecified atom stereocenters. The lowest BCUT2D eigenvalue weighted by atomic mass is 9.98. The number of hydrogen-bond donors (Lipinski definition) is 19. The van der Waals surface area contributed by atoms with Crippen molar-refractivity contribution >= 4 is 128 Å². The fraction of sp³-hybridized carbons (Fsp3) is 0.454. The van der Waals surface area contributed by atoms with Gasteiger partial charge in [0.1, 0.15) is 84.9 Å². The van der Waals surface area contributed by atoms with E-state index in [-0.39, 0.29) is 120 Å². The molecule has 2 saturated heterocycles. The largest absolute Gasteiger partial charge is 0.508 e. The van der Waals surface area contributed by atoms with E-state index in [1.807, 2.05) is 91.0 Å². The van der Waals surface area contributed by atoms with E-state index < -0.39 is 193 Å². The number of nitrogens with zero attached hydrogens (tertiary/aromatic N) is 3. The monoisotopic (exact) mass is 1900 g/mol. The summed E-state index contributed by atoms with van der Waals surface area (Å²) in [5.74, 6) is -13.7. The number of aliphatic carboxylic acids is 1. The van der Waals surface area contributed by atoms with Crippen molar-refractivity contribution in [2.75, 3.05) is 44.8 Å². The van der Waals surface area contributed by atoms with Gasteiger partial charge in [-0.2, -0.15) is 11.8 Å². The Morgan fingerprint density at radius 1 is 0.489 bits per heavy atom. The summed E-state index contributed by atoms with van der Waals surface area (Å²) < 4.78 is 5.98. The number of H-pyrrole nitrogens is 3. The van der Waals surface area contributed by atoms with Crippen molar-refractivity contribution in [1.82, 2.24) is 88.2 Å². The number of nitrogens with two attached hydrogens (primary N) is 3. The zero-order valence-corrected chi connectivity index (χ0v) is 78.1. The maximum absolute atomic E-state index is 15.4. The number of phenolic OH excluding ortho intramolecular Hbond substituents is 1. The summed E-state index contributed by atoms with van der Waals surface area (Å²) >= 11 is 1.36. The molecular formula is C97H124N20O19S. The fourth-order valence-corrected chi connectivity index (χ4v) is 18.1. The van der Waals surface area contributed by atoms with Crippen LogP contribution in [0.25, 0.3) is 32.9 Å². The first-order valence-corrected chi connectivity index (χ1v) is 47.7. The third-order valence-corrected chi connectivity index (χ3v) is 25.2. The highest BCUT2D eigenvalue weighted by molar-refractivity contribution is 7.98. The SMILES string of the molecule is CSCC[C@H](NC(=O)[C@@H]1CCCN1C(=O)[C@H](CCC(N)=O)NC(=O)CNC(=O)[C@@H]1CCCN1C(=O)[C@H](CCCCN)NC(=O)[C@H](CC(C)C)NC(=O)[C@H](CCC(N)=O)NC(=O)[C@H](CC(C)C)NC(=O)[C@H](Cc1c[nH]c2ccccc12)NC(=O)[C@H](Cc1c[nH]cn1)NC(=O)[C@H](Cc1c[nH]c2ccccc12)NC(=O)OCC1c2ccccc2-c2ccccc21)C(=O)N[C@@H](Cc1ccc(O)cc1)C(=O)O. The summed E-state index contributed by atoms with van der Waals surface area (Å²) in [6, 6.07) is 19.3. The summed E-state index contributed by atoms with van der Waals surface area (Å²) in [6.07, 6.45) is 6.36. The Morgan fingerprint density at radius 2 is 0.942 bits per heavy atom. The lowest BCUT2D eigenvalue weighted by Gasteiger charge is -2.31. The van der Waals surface area contributed by atoms with Gasteiger partial charge in [-0.25, -0.2) is 14.6 Å². The van der Waals surface area contributed by atoms with Crippen LogP contribution in [0.15, 0.2) is 146 Å². The van der Waals surface area contributed by atoms with Crippen LogP contribution in [0.5, 0.6) is 5.75 Å². The number of rotatable bonds is 51. The minimum Gasteiger partial charge on any atom is -0.508 e. The van der Waals surface area contributed by atoms with E-state index in [0.717, 1.165) is 33.2 Å². The Kier molecular flexibility index (Phi) is 37.6. The summed E-state index contributed by atoms with van der Waals surface area (Å²) in [5, 5.41) is 51.1. The highest BCUT2D eigenvalue weighted by atomic mass is 32.2. The molecule has 0 radical (unpaired) electrons. The van der Waals surface area contributed by atoms with Crippen LogP contribution in [0.4, 0.5) is 4.79 Å². The number of fused-ring (bicyclic) bond motifs is 5. The smallest absolute Gasteiger partial charge is 0.407 e. The molecule has 0 bridgehead atoms. The van der Waals surface area contributed by atoms with Crippen LogP contribution in [0.1, 0.15) is 157 Å². The number of unbranched alkanes of at least 4 members (excludes halogenated alkanes) is 1. The number of thioether (sulfide) groups is 1. The number of imidazole rings is 1. The molecule has 3 aliphatic rings. The zero-order valence-electron chi connectivity index (χ0n) is 77.3. The number of nitrogens with one attached hydrogen (secondary N) is 14. The van der Waals surface area contributed by atoms with E-state index >= 15 is 19.2 Å². The molecule has 3 aromatic heterocycles. The van der Waals surface area contributed by atoms with Crippen LogP contribution in [0, 0.1) is 11.8 Å².